The second-order valence-corrected chi connectivity index (χ2v) is 5.19. The van der Waals surface area contributed by atoms with Gasteiger partial charge in [0.05, 0.1) is 10.2 Å². The normalized spacial score (nSPS) is 10.8. The zero-order valence-electron chi connectivity index (χ0n) is 8.48. The fourth-order valence-electron chi connectivity index (χ4n) is 1.59. The largest absolute Gasteiger partial charge is 0.308 e. The van der Waals surface area contributed by atoms with Gasteiger partial charge >= 0.3 is 4.87 Å². The van der Waals surface area contributed by atoms with Gasteiger partial charge in [-0.15, -0.1) is 0 Å². The van der Waals surface area contributed by atoms with Crippen molar-refractivity contribution in [1.82, 2.24) is 4.57 Å². The monoisotopic (exact) mass is 299 g/mol. The summed E-state index contributed by atoms with van der Waals surface area (Å²) in [6.07, 6.45) is 1.72. The lowest BCUT2D eigenvalue weighted by Crippen LogP contribution is -2.12. The number of aryl methyl sites for hydroxylation is 1. The zero-order chi connectivity index (χ0) is 11.5. The van der Waals surface area contributed by atoms with Gasteiger partial charge in [-0.3, -0.25) is 14.2 Å². The Hall–Kier alpha value is -0.940. The molecule has 0 bridgehead atoms. The number of halogens is 1. The van der Waals surface area contributed by atoms with Crippen molar-refractivity contribution in [2.24, 2.45) is 0 Å². The number of aromatic nitrogens is 1. The van der Waals surface area contributed by atoms with Gasteiger partial charge in [-0.1, -0.05) is 27.3 Å². The number of hydrogen-bond acceptors (Lipinski definition) is 3. The molecule has 0 saturated heterocycles. The van der Waals surface area contributed by atoms with Crippen LogP contribution in [0.1, 0.15) is 16.8 Å². The summed E-state index contributed by atoms with van der Waals surface area (Å²) in [6, 6.07) is 5.34. The second kappa shape index (κ2) is 4.93. The molecule has 0 aliphatic heterocycles. The van der Waals surface area contributed by atoms with Crippen molar-refractivity contribution < 1.29 is 4.79 Å². The first-order chi connectivity index (χ1) is 7.76. The van der Waals surface area contributed by atoms with Crippen molar-refractivity contribution in [2.75, 3.05) is 5.33 Å². The average Bonchev–Trinajstić information content (AvgIpc) is 2.61. The summed E-state index contributed by atoms with van der Waals surface area (Å²) in [5.74, 6) is 0. The third-order valence-corrected chi connectivity index (χ3v) is 3.85. The summed E-state index contributed by atoms with van der Waals surface area (Å²) in [6.45, 7) is 0.713. The molecule has 5 heteroatoms. The number of fused-ring (bicyclic) bond motifs is 1. The van der Waals surface area contributed by atoms with Crippen molar-refractivity contribution in [3.8, 4) is 0 Å². The average molecular weight is 300 g/mol. The fourth-order valence-corrected chi connectivity index (χ4v) is 2.80. The van der Waals surface area contributed by atoms with Gasteiger partial charge in [0.1, 0.15) is 6.29 Å². The van der Waals surface area contributed by atoms with Crippen LogP contribution in [-0.2, 0) is 6.54 Å². The highest BCUT2D eigenvalue weighted by Crippen LogP contribution is 2.18. The van der Waals surface area contributed by atoms with E-state index in [1.807, 2.05) is 6.07 Å². The molecule has 0 atom stereocenters. The molecule has 0 radical (unpaired) electrons. The first-order valence-electron chi connectivity index (χ1n) is 4.91. The highest BCUT2D eigenvalue weighted by atomic mass is 79.9. The van der Waals surface area contributed by atoms with Crippen LogP contribution in [0.4, 0.5) is 0 Å². The Balaban J connectivity index is 2.53. The highest BCUT2D eigenvalue weighted by Gasteiger charge is 2.07. The van der Waals surface area contributed by atoms with Crippen LogP contribution in [0.25, 0.3) is 10.2 Å². The molecule has 0 unspecified atom stereocenters. The Labute approximate surface area is 105 Å². The van der Waals surface area contributed by atoms with E-state index in [-0.39, 0.29) is 4.87 Å². The summed E-state index contributed by atoms with van der Waals surface area (Å²) in [5.41, 5.74) is 1.53. The third kappa shape index (κ3) is 2.10. The molecule has 0 N–H and O–H groups in total. The highest BCUT2D eigenvalue weighted by molar-refractivity contribution is 9.09. The predicted octanol–water partition coefficient (Wildman–Crippen LogP) is 2.66. The minimum absolute atomic E-state index is 0.0407. The SMILES string of the molecule is O=Cc1ccc2c(c1)sc(=O)n2CCCBr. The van der Waals surface area contributed by atoms with Crippen LogP contribution in [0.5, 0.6) is 0 Å². The standard InChI is InChI=1S/C11H10BrNO2S/c12-4-1-5-13-9-3-2-8(7-14)6-10(9)16-11(13)15/h2-3,6-7H,1,4-5H2. The molecule has 3 nitrogen and oxygen atoms in total. The van der Waals surface area contributed by atoms with Crippen molar-refractivity contribution in [3.05, 3.63) is 33.4 Å². The molecule has 0 saturated carbocycles. The van der Waals surface area contributed by atoms with Crippen molar-refractivity contribution >= 4 is 43.8 Å². The Morgan fingerprint density at radius 2 is 2.25 bits per heavy atom. The van der Waals surface area contributed by atoms with Crippen molar-refractivity contribution in [2.45, 2.75) is 13.0 Å². The van der Waals surface area contributed by atoms with Gasteiger partial charge in [0.15, 0.2) is 0 Å². The fraction of sp³-hybridized carbons (Fsp3) is 0.273. The second-order valence-electron chi connectivity index (χ2n) is 3.41. The van der Waals surface area contributed by atoms with Gasteiger partial charge < -0.3 is 0 Å². The van der Waals surface area contributed by atoms with E-state index in [1.54, 1.807) is 16.7 Å². The van der Waals surface area contributed by atoms with Gasteiger partial charge in [-0.05, 0) is 24.6 Å². The molecule has 0 spiro atoms. The Morgan fingerprint density at radius 1 is 1.44 bits per heavy atom. The topological polar surface area (TPSA) is 39.1 Å². The smallest absolute Gasteiger partial charge is 0.299 e. The number of alkyl halides is 1. The Bertz CT molecular complexity index is 573. The number of carbonyl (C=O) groups excluding carboxylic acids is 1. The summed E-state index contributed by atoms with van der Waals surface area (Å²) < 4.78 is 2.64. The van der Waals surface area contributed by atoms with Gasteiger partial charge in [0.2, 0.25) is 0 Å². The minimum atomic E-state index is 0.0407. The molecule has 0 aliphatic rings. The Kier molecular flexibility index (Phi) is 3.56. The molecule has 1 aromatic heterocycles. The zero-order valence-corrected chi connectivity index (χ0v) is 10.9. The number of rotatable bonds is 4. The lowest BCUT2D eigenvalue weighted by Gasteiger charge is -2.01. The van der Waals surface area contributed by atoms with E-state index in [9.17, 15) is 9.59 Å². The van der Waals surface area contributed by atoms with Crippen LogP contribution in [0.3, 0.4) is 0 Å². The molecule has 0 fully saturated rings. The van der Waals surface area contributed by atoms with Crippen LogP contribution in [0.2, 0.25) is 0 Å². The van der Waals surface area contributed by atoms with E-state index in [0.717, 1.165) is 28.3 Å². The maximum absolute atomic E-state index is 11.7. The minimum Gasteiger partial charge on any atom is -0.299 e. The lowest BCUT2D eigenvalue weighted by atomic mass is 10.2. The van der Waals surface area contributed by atoms with E-state index >= 15 is 0 Å². The van der Waals surface area contributed by atoms with Crippen molar-refractivity contribution in [1.29, 1.82) is 0 Å². The molecule has 16 heavy (non-hydrogen) atoms. The van der Waals surface area contributed by atoms with Crippen LogP contribution in [-0.4, -0.2) is 16.2 Å². The van der Waals surface area contributed by atoms with Crippen LogP contribution in [0, 0.1) is 0 Å². The predicted molar refractivity (Wildman–Crippen MR) is 69.9 cm³/mol. The van der Waals surface area contributed by atoms with E-state index in [0.29, 0.717) is 12.1 Å². The van der Waals surface area contributed by atoms with E-state index in [4.69, 9.17) is 0 Å². The molecule has 0 amide bonds. The van der Waals surface area contributed by atoms with Crippen LogP contribution in [0.15, 0.2) is 23.0 Å². The molecule has 2 aromatic rings. The van der Waals surface area contributed by atoms with Gasteiger partial charge in [0, 0.05) is 17.4 Å². The number of nitrogens with zero attached hydrogens (tertiary/aromatic N) is 1. The van der Waals surface area contributed by atoms with Gasteiger partial charge in [-0.2, -0.15) is 0 Å². The van der Waals surface area contributed by atoms with Crippen LogP contribution >= 0.6 is 27.3 Å². The molecular formula is C11H10BrNO2S. The lowest BCUT2D eigenvalue weighted by molar-refractivity contribution is 0.112. The molecule has 1 heterocycles. The molecule has 0 aliphatic carbocycles. The summed E-state index contributed by atoms with van der Waals surface area (Å²) >= 11 is 4.54. The van der Waals surface area contributed by atoms with E-state index in [2.05, 4.69) is 15.9 Å². The Morgan fingerprint density at radius 3 is 2.94 bits per heavy atom. The van der Waals surface area contributed by atoms with Crippen LogP contribution < -0.4 is 4.87 Å². The van der Waals surface area contributed by atoms with Gasteiger partial charge in [0.25, 0.3) is 0 Å². The summed E-state index contributed by atoms with van der Waals surface area (Å²) in [7, 11) is 0. The maximum Gasteiger partial charge on any atom is 0.308 e. The quantitative estimate of drug-likeness (QED) is 0.643. The molecular weight excluding hydrogens is 290 g/mol. The maximum atomic E-state index is 11.7. The molecule has 1 aromatic carbocycles. The number of aldehydes is 1. The number of carbonyl (C=O) groups is 1. The number of benzene rings is 1. The molecule has 84 valence electrons. The summed E-state index contributed by atoms with van der Waals surface area (Å²) in [4.78, 5) is 22.4. The van der Waals surface area contributed by atoms with E-state index < -0.39 is 0 Å². The molecule has 2 rings (SSSR count). The van der Waals surface area contributed by atoms with Crippen molar-refractivity contribution in [3.63, 3.8) is 0 Å². The number of thiazole rings is 1. The van der Waals surface area contributed by atoms with E-state index in [1.165, 1.54) is 11.3 Å². The summed E-state index contributed by atoms with van der Waals surface area (Å²) in [5, 5.41) is 0.878. The first-order valence-corrected chi connectivity index (χ1v) is 6.84. The first kappa shape index (κ1) is 11.5. The third-order valence-electron chi connectivity index (χ3n) is 2.34. The number of hydrogen-bond donors (Lipinski definition) is 0. The van der Waals surface area contributed by atoms with Gasteiger partial charge in [-0.25, -0.2) is 0 Å².